The number of carbonyl (C=O) groups is 1. The number of carbonyl (C=O) groups excluding carboxylic acids is 1. The molecule has 0 aliphatic carbocycles. The fourth-order valence-corrected chi connectivity index (χ4v) is 1.42. The van der Waals surface area contributed by atoms with Crippen molar-refractivity contribution in [3.63, 3.8) is 0 Å². The molecule has 0 bridgehead atoms. The van der Waals surface area contributed by atoms with Gasteiger partial charge in [-0.2, -0.15) is 0 Å². The lowest BCUT2D eigenvalue weighted by Gasteiger charge is -2.01. The first-order valence-corrected chi connectivity index (χ1v) is 5.12. The number of nitrogens with one attached hydrogen (secondary N) is 1. The second kappa shape index (κ2) is 5.65. The summed E-state index contributed by atoms with van der Waals surface area (Å²) in [6, 6.07) is 5.32. The van der Waals surface area contributed by atoms with E-state index < -0.39 is 0 Å². The number of oxazole rings is 1. The minimum Gasteiger partial charge on any atom is -0.441 e. The molecule has 92 valence electrons. The molecule has 2 aromatic rings. The zero-order valence-corrected chi connectivity index (χ0v) is 10.2. The molecule has 0 atom stereocenters. The van der Waals surface area contributed by atoms with E-state index in [1.165, 1.54) is 0 Å². The van der Waals surface area contributed by atoms with Gasteiger partial charge in [-0.25, -0.2) is 4.98 Å². The van der Waals surface area contributed by atoms with Crippen molar-refractivity contribution < 1.29 is 9.21 Å². The normalized spacial score (nSPS) is 10.0. The number of aromatic nitrogens is 1. The molecule has 1 heterocycles. The first kappa shape index (κ1) is 13.5. The van der Waals surface area contributed by atoms with E-state index in [-0.39, 0.29) is 24.9 Å². The van der Waals surface area contributed by atoms with Gasteiger partial charge in [0.25, 0.3) is 0 Å². The Labute approximate surface area is 105 Å². The third kappa shape index (κ3) is 2.95. The monoisotopic (exact) mass is 255 g/mol. The number of rotatable bonds is 3. The van der Waals surface area contributed by atoms with Crippen molar-refractivity contribution in [1.29, 1.82) is 0 Å². The minimum absolute atomic E-state index is 0. The number of anilines is 1. The summed E-state index contributed by atoms with van der Waals surface area (Å²) in [6.07, 6.45) is 0.749. The van der Waals surface area contributed by atoms with Crippen LogP contribution in [0.25, 0.3) is 11.1 Å². The maximum Gasteiger partial charge on any atom is 0.238 e. The molecule has 1 aromatic carbocycles. The second-order valence-electron chi connectivity index (χ2n) is 3.40. The molecule has 0 aliphatic rings. The second-order valence-corrected chi connectivity index (χ2v) is 3.40. The molecule has 0 saturated carbocycles. The van der Waals surface area contributed by atoms with Crippen LogP contribution >= 0.6 is 12.4 Å². The van der Waals surface area contributed by atoms with Crippen molar-refractivity contribution in [2.24, 2.45) is 5.73 Å². The Hall–Kier alpha value is -1.59. The van der Waals surface area contributed by atoms with Gasteiger partial charge >= 0.3 is 0 Å². The average molecular weight is 256 g/mol. The van der Waals surface area contributed by atoms with Gasteiger partial charge in [-0.1, -0.05) is 6.92 Å². The summed E-state index contributed by atoms with van der Waals surface area (Å²) < 4.78 is 5.45. The Kier molecular flexibility index (Phi) is 4.48. The van der Waals surface area contributed by atoms with Crippen molar-refractivity contribution in [3.8, 4) is 0 Å². The number of nitrogens with zero attached hydrogens (tertiary/aromatic N) is 1. The molecular weight excluding hydrogens is 242 g/mol. The van der Waals surface area contributed by atoms with Gasteiger partial charge in [0.15, 0.2) is 11.5 Å². The van der Waals surface area contributed by atoms with Gasteiger partial charge in [-0.15, -0.1) is 12.4 Å². The largest absolute Gasteiger partial charge is 0.441 e. The van der Waals surface area contributed by atoms with Crippen LogP contribution < -0.4 is 11.1 Å². The molecule has 3 N–H and O–H groups in total. The van der Waals surface area contributed by atoms with Crippen LogP contribution in [0.15, 0.2) is 22.6 Å². The fraction of sp³-hybridized carbons (Fsp3) is 0.273. The Morgan fingerprint density at radius 3 is 2.94 bits per heavy atom. The smallest absolute Gasteiger partial charge is 0.238 e. The van der Waals surface area contributed by atoms with E-state index in [9.17, 15) is 4.79 Å². The number of hydrogen-bond acceptors (Lipinski definition) is 4. The molecule has 2 rings (SSSR count). The summed E-state index contributed by atoms with van der Waals surface area (Å²) >= 11 is 0. The quantitative estimate of drug-likeness (QED) is 0.875. The first-order chi connectivity index (χ1) is 7.72. The van der Waals surface area contributed by atoms with E-state index >= 15 is 0 Å². The van der Waals surface area contributed by atoms with Gasteiger partial charge in [0.05, 0.1) is 6.54 Å². The number of amides is 1. The topological polar surface area (TPSA) is 81.2 Å². The summed E-state index contributed by atoms with van der Waals surface area (Å²) in [4.78, 5) is 15.4. The average Bonchev–Trinajstić information content (AvgIpc) is 2.71. The van der Waals surface area contributed by atoms with Crippen molar-refractivity contribution in [3.05, 3.63) is 24.1 Å². The standard InChI is InChI=1S/C11H13N3O2.ClH/c1-2-11-14-8-5-7(13-10(15)6-12)3-4-9(8)16-11;/h3-5H,2,6,12H2,1H3,(H,13,15);1H. The molecular formula is C11H14ClN3O2. The summed E-state index contributed by atoms with van der Waals surface area (Å²) in [5, 5.41) is 2.67. The molecule has 0 unspecified atom stereocenters. The summed E-state index contributed by atoms with van der Waals surface area (Å²) in [5.41, 5.74) is 7.36. The number of hydrogen-bond donors (Lipinski definition) is 2. The van der Waals surface area contributed by atoms with Crippen LogP contribution in [-0.2, 0) is 11.2 Å². The van der Waals surface area contributed by atoms with Crippen molar-refractivity contribution >= 4 is 35.1 Å². The van der Waals surface area contributed by atoms with E-state index in [1.807, 2.05) is 6.92 Å². The molecule has 0 radical (unpaired) electrons. The summed E-state index contributed by atoms with van der Waals surface area (Å²) in [7, 11) is 0. The molecule has 0 spiro atoms. The zero-order chi connectivity index (χ0) is 11.5. The van der Waals surface area contributed by atoms with Crippen LogP contribution in [0.4, 0.5) is 5.69 Å². The molecule has 0 saturated heterocycles. The van der Waals surface area contributed by atoms with Gasteiger partial charge in [0.1, 0.15) is 5.52 Å². The molecule has 5 nitrogen and oxygen atoms in total. The molecule has 1 amide bonds. The Morgan fingerprint density at radius 1 is 1.53 bits per heavy atom. The van der Waals surface area contributed by atoms with E-state index in [2.05, 4.69) is 10.3 Å². The van der Waals surface area contributed by atoms with Crippen molar-refractivity contribution in [1.82, 2.24) is 4.98 Å². The van der Waals surface area contributed by atoms with Gasteiger partial charge in [-0.3, -0.25) is 4.79 Å². The van der Waals surface area contributed by atoms with E-state index in [0.29, 0.717) is 11.6 Å². The molecule has 17 heavy (non-hydrogen) atoms. The molecule has 0 fully saturated rings. The predicted molar refractivity (Wildman–Crippen MR) is 68.3 cm³/mol. The highest BCUT2D eigenvalue weighted by atomic mass is 35.5. The number of aryl methyl sites for hydroxylation is 1. The predicted octanol–water partition coefficient (Wildman–Crippen LogP) is 1.71. The van der Waals surface area contributed by atoms with E-state index in [0.717, 1.165) is 17.5 Å². The van der Waals surface area contributed by atoms with Crippen molar-refractivity contribution in [2.45, 2.75) is 13.3 Å². The molecule has 6 heteroatoms. The number of nitrogens with two attached hydrogens (primary N) is 1. The lowest BCUT2D eigenvalue weighted by atomic mass is 10.3. The highest BCUT2D eigenvalue weighted by molar-refractivity contribution is 5.93. The fourth-order valence-electron chi connectivity index (χ4n) is 1.42. The Morgan fingerprint density at radius 2 is 2.29 bits per heavy atom. The third-order valence-electron chi connectivity index (χ3n) is 2.20. The molecule has 1 aromatic heterocycles. The summed E-state index contributed by atoms with van der Waals surface area (Å²) in [5.74, 6) is 0.468. The lowest BCUT2D eigenvalue weighted by molar-refractivity contribution is -0.114. The number of halogens is 1. The van der Waals surface area contributed by atoms with Crippen LogP contribution in [0.2, 0.25) is 0 Å². The maximum atomic E-state index is 11.1. The minimum atomic E-state index is -0.224. The zero-order valence-electron chi connectivity index (χ0n) is 9.40. The van der Waals surface area contributed by atoms with Crippen LogP contribution in [0.3, 0.4) is 0 Å². The Bertz CT molecular complexity index is 524. The van der Waals surface area contributed by atoms with Gasteiger partial charge in [0.2, 0.25) is 5.91 Å². The van der Waals surface area contributed by atoms with E-state index in [4.69, 9.17) is 10.2 Å². The lowest BCUT2D eigenvalue weighted by Crippen LogP contribution is -2.21. The van der Waals surface area contributed by atoms with Crippen LogP contribution in [-0.4, -0.2) is 17.4 Å². The molecule has 0 aliphatic heterocycles. The summed E-state index contributed by atoms with van der Waals surface area (Å²) in [6.45, 7) is 1.94. The Balaban J connectivity index is 0.00000144. The SMILES string of the molecule is CCc1nc2cc(NC(=O)CN)ccc2o1.Cl. The highest BCUT2D eigenvalue weighted by Gasteiger charge is 2.06. The number of fused-ring (bicyclic) bond motifs is 1. The van der Waals surface area contributed by atoms with Crippen molar-refractivity contribution in [2.75, 3.05) is 11.9 Å². The van der Waals surface area contributed by atoms with Gasteiger partial charge in [-0.05, 0) is 18.2 Å². The van der Waals surface area contributed by atoms with E-state index in [1.54, 1.807) is 18.2 Å². The maximum absolute atomic E-state index is 11.1. The third-order valence-corrected chi connectivity index (χ3v) is 2.20. The van der Waals surface area contributed by atoms with Gasteiger partial charge < -0.3 is 15.5 Å². The van der Waals surface area contributed by atoms with Gasteiger partial charge in [0, 0.05) is 12.1 Å². The first-order valence-electron chi connectivity index (χ1n) is 5.12. The van der Waals surface area contributed by atoms with Crippen LogP contribution in [0.5, 0.6) is 0 Å². The van der Waals surface area contributed by atoms with Crippen LogP contribution in [0.1, 0.15) is 12.8 Å². The van der Waals surface area contributed by atoms with Crippen LogP contribution in [0, 0.1) is 0 Å². The number of benzene rings is 1. The highest BCUT2D eigenvalue weighted by Crippen LogP contribution is 2.20.